The van der Waals surface area contributed by atoms with Gasteiger partial charge < -0.3 is 9.30 Å². The fourth-order valence-corrected chi connectivity index (χ4v) is 2.40. The van der Waals surface area contributed by atoms with Gasteiger partial charge in [0, 0.05) is 29.8 Å². The Hall–Kier alpha value is -3.39. The maximum atomic E-state index is 11.7. The molecule has 0 aliphatic carbocycles. The molecule has 0 aliphatic rings. The highest BCUT2D eigenvalue weighted by Gasteiger charge is 2.11. The number of rotatable bonds is 4. The van der Waals surface area contributed by atoms with Crippen molar-refractivity contribution < 1.29 is 9.53 Å². The van der Waals surface area contributed by atoms with E-state index in [1.165, 1.54) is 0 Å². The molecule has 0 amide bonds. The minimum atomic E-state index is -0.344. The predicted octanol–water partition coefficient (Wildman–Crippen LogP) is 3.59. The number of hydrogen-bond donors (Lipinski definition) is 0. The second-order valence-corrected chi connectivity index (χ2v) is 5.09. The highest BCUT2D eigenvalue weighted by molar-refractivity contribution is 5.89. The van der Waals surface area contributed by atoms with Crippen molar-refractivity contribution in [1.82, 2.24) is 9.55 Å². The Morgan fingerprint density at radius 2 is 2.00 bits per heavy atom. The normalized spacial score (nSPS) is 10.2. The number of pyridine rings is 1. The molecular formula is C19H15N3O2. The fraction of sp³-hybridized carbons (Fsp3) is 0.105. The van der Waals surface area contributed by atoms with Crippen LogP contribution in [0.4, 0.5) is 0 Å². The molecule has 0 unspecified atom stereocenters. The van der Waals surface area contributed by atoms with Gasteiger partial charge in [-0.1, -0.05) is 6.07 Å². The van der Waals surface area contributed by atoms with Crippen molar-refractivity contribution in [2.75, 3.05) is 6.61 Å². The van der Waals surface area contributed by atoms with Crippen LogP contribution in [0.1, 0.15) is 22.8 Å². The first-order valence-electron chi connectivity index (χ1n) is 7.54. The average molecular weight is 317 g/mol. The van der Waals surface area contributed by atoms with Crippen molar-refractivity contribution in [3.63, 3.8) is 0 Å². The number of esters is 1. The van der Waals surface area contributed by atoms with E-state index in [0.717, 1.165) is 16.9 Å². The second kappa shape index (κ2) is 6.80. The largest absolute Gasteiger partial charge is 0.462 e. The molecular weight excluding hydrogens is 302 g/mol. The zero-order chi connectivity index (χ0) is 16.9. The van der Waals surface area contributed by atoms with Crippen molar-refractivity contribution in [2.45, 2.75) is 6.92 Å². The van der Waals surface area contributed by atoms with Crippen LogP contribution in [-0.4, -0.2) is 22.1 Å². The number of nitrogens with zero attached hydrogens (tertiary/aromatic N) is 3. The van der Waals surface area contributed by atoms with Gasteiger partial charge in [0.15, 0.2) is 0 Å². The van der Waals surface area contributed by atoms with E-state index >= 15 is 0 Å². The summed E-state index contributed by atoms with van der Waals surface area (Å²) >= 11 is 0. The van der Waals surface area contributed by atoms with Gasteiger partial charge in [-0.15, -0.1) is 0 Å². The maximum Gasteiger partial charge on any atom is 0.338 e. The van der Waals surface area contributed by atoms with Crippen LogP contribution in [0.2, 0.25) is 0 Å². The monoisotopic (exact) mass is 317 g/mol. The molecule has 0 radical (unpaired) electrons. The van der Waals surface area contributed by atoms with Gasteiger partial charge in [-0.2, -0.15) is 5.26 Å². The fourth-order valence-electron chi connectivity index (χ4n) is 2.40. The molecule has 0 bridgehead atoms. The number of carbonyl (C=O) groups excluding carboxylic acids is 1. The molecule has 24 heavy (non-hydrogen) atoms. The molecule has 0 spiro atoms. The Bertz CT molecular complexity index is 891. The molecule has 2 aromatic heterocycles. The van der Waals surface area contributed by atoms with Gasteiger partial charge >= 0.3 is 5.97 Å². The van der Waals surface area contributed by atoms with E-state index in [4.69, 9.17) is 4.74 Å². The standard InChI is InChI=1S/C19H15N3O2/c1-2-24-19(23)14-6-8-16(9-7-14)22-12-15(11-20)17(13-22)18-5-3-4-10-21-18/h3-10,12-13H,2H2,1H3. The van der Waals surface area contributed by atoms with Crippen LogP contribution in [-0.2, 0) is 4.74 Å². The van der Waals surface area contributed by atoms with Crippen molar-refractivity contribution in [1.29, 1.82) is 5.26 Å². The Labute approximate surface area is 139 Å². The minimum absolute atomic E-state index is 0.344. The van der Waals surface area contributed by atoms with Crippen LogP contribution in [0.5, 0.6) is 0 Å². The van der Waals surface area contributed by atoms with Crippen molar-refractivity contribution >= 4 is 5.97 Å². The summed E-state index contributed by atoms with van der Waals surface area (Å²) < 4.78 is 6.82. The molecule has 2 heterocycles. The number of hydrogen-bond acceptors (Lipinski definition) is 4. The maximum absolute atomic E-state index is 11.7. The highest BCUT2D eigenvalue weighted by atomic mass is 16.5. The summed E-state index contributed by atoms with van der Waals surface area (Å²) in [5, 5.41) is 9.36. The van der Waals surface area contributed by atoms with Crippen molar-refractivity contribution in [3.05, 3.63) is 72.2 Å². The molecule has 0 atom stereocenters. The minimum Gasteiger partial charge on any atom is -0.462 e. The molecule has 0 aliphatic heterocycles. The van der Waals surface area contributed by atoms with E-state index in [1.807, 2.05) is 41.1 Å². The van der Waals surface area contributed by atoms with Gasteiger partial charge in [-0.3, -0.25) is 4.98 Å². The lowest BCUT2D eigenvalue weighted by atomic mass is 10.1. The second-order valence-electron chi connectivity index (χ2n) is 5.09. The molecule has 0 N–H and O–H groups in total. The number of benzene rings is 1. The molecule has 3 aromatic rings. The van der Waals surface area contributed by atoms with E-state index < -0.39 is 0 Å². The van der Waals surface area contributed by atoms with Gasteiger partial charge in [-0.25, -0.2) is 4.79 Å². The van der Waals surface area contributed by atoms with E-state index in [2.05, 4.69) is 11.1 Å². The van der Waals surface area contributed by atoms with Crippen LogP contribution in [0.25, 0.3) is 16.9 Å². The first-order chi connectivity index (χ1) is 11.7. The van der Waals surface area contributed by atoms with Gasteiger partial charge in [0.1, 0.15) is 6.07 Å². The summed E-state index contributed by atoms with van der Waals surface area (Å²) in [6, 6.07) is 14.8. The summed E-state index contributed by atoms with van der Waals surface area (Å²) in [6.07, 6.45) is 5.31. The zero-order valence-electron chi connectivity index (χ0n) is 13.1. The number of carbonyl (C=O) groups is 1. The topological polar surface area (TPSA) is 67.9 Å². The molecule has 118 valence electrons. The van der Waals surface area contributed by atoms with E-state index in [-0.39, 0.29) is 5.97 Å². The SMILES string of the molecule is CCOC(=O)c1ccc(-n2cc(C#N)c(-c3ccccn3)c2)cc1. The smallest absolute Gasteiger partial charge is 0.338 e. The van der Waals surface area contributed by atoms with Crippen LogP contribution in [0, 0.1) is 11.3 Å². The summed E-state index contributed by atoms with van der Waals surface area (Å²) in [4.78, 5) is 16.0. The zero-order valence-corrected chi connectivity index (χ0v) is 13.1. The van der Waals surface area contributed by atoms with Gasteiger partial charge in [0.05, 0.1) is 23.4 Å². The molecule has 5 nitrogen and oxygen atoms in total. The van der Waals surface area contributed by atoms with E-state index in [9.17, 15) is 10.1 Å². The Morgan fingerprint density at radius 3 is 2.62 bits per heavy atom. The summed E-state index contributed by atoms with van der Waals surface area (Å²) in [5.74, 6) is -0.344. The predicted molar refractivity (Wildman–Crippen MR) is 89.7 cm³/mol. The molecule has 5 heteroatoms. The van der Waals surface area contributed by atoms with Gasteiger partial charge in [0.25, 0.3) is 0 Å². The van der Waals surface area contributed by atoms with Gasteiger partial charge in [0.2, 0.25) is 0 Å². The van der Waals surface area contributed by atoms with Crippen LogP contribution >= 0.6 is 0 Å². The third kappa shape index (κ3) is 3.03. The van der Waals surface area contributed by atoms with Crippen LogP contribution in [0.3, 0.4) is 0 Å². The van der Waals surface area contributed by atoms with Crippen molar-refractivity contribution in [3.8, 4) is 23.0 Å². The molecule has 0 saturated heterocycles. The molecule has 3 rings (SSSR count). The molecule has 0 saturated carbocycles. The Kier molecular flexibility index (Phi) is 4.39. The van der Waals surface area contributed by atoms with Crippen molar-refractivity contribution in [2.24, 2.45) is 0 Å². The lowest BCUT2D eigenvalue weighted by Gasteiger charge is -2.05. The number of nitriles is 1. The summed E-state index contributed by atoms with van der Waals surface area (Å²) in [6.45, 7) is 2.12. The van der Waals surface area contributed by atoms with Gasteiger partial charge in [-0.05, 0) is 43.3 Å². The first-order valence-corrected chi connectivity index (χ1v) is 7.54. The van der Waals surface area contributed by atoms with E-state index in [0.29, 0.717) is 17.7 Å². The lowest BCUT2D eigenvalue weighted by Crippen LogP contribution is -2.04. The highest BCUT2D eigenvalue weighted by Crippen LogP contribution is 2.24. The third-order valence-electron chi connectivity index (χ3n) is 3.56. The number of ether oxygens (including phenoxy) is 1. The summed E-state index contributed by atoms with van der Waals surface area (Å²) in [5.41, 5.74) is 3.41. The van der Waals surface area contributed by atoms with Crippen LogP contribution in [0.15, 0.2) is 61.1 Å². The quantitative estimate of drug-likeness (QED) is 0.690. The molecule has 1 aromatic carbocycles. The first kappa shape index (κ1) is 15.5. The van der Waals surface area contributed by atoms with Crippen LogP contribution < -0.4 is 0 Å². The summed E-state index contributed by atoms with van der Waals surface area (Å²) in [7, 11) is 0. The Balaban J connectivity index is 1.95. The average Bonchev–Trinajstić information content (AvgIpc) is 3.07. The lowest BCUT2D eigenvalue weighted by molar-refractivity contribution is 0.0526. The van der Waals surface area contributed by atoms with E-state index in [1.54, 1.807) is 31.5 Å². The Morgan fingerprint density at radius 1 is 1.21 bits per heavy atom. The molecule has 0 fully saturated rings. The third-order valence-corrected chi connectivity index (χ3v) is 3.56. The number of aromatic nitrogens is 2.